The summed E-state index contributed by atoms with van der Waals surface area (Å²) in [5, 5.41) is 1.76. The van der Waals surface area contributed by atoms with Crippen molar-refractivity contribution in [3.8, 4) is 51.3 Å². The molecule has 4 nitrogen and oxygen atoms in total. The Balaban J connectivity index is 1.20. The van der Waals surface area contributed by atoms with Gasteiger partial charge < -0.3 is 18.8 Å². The fraction of sp³-hybridized carbons (Fsp3) is 0. The number of benzene rings is 7. The second-order valence-electron chi connectivity index (χ2n) is 12.0. The van der Waals surface area contributed by atoms with Gasteiger partial charge in [-0.3, -0.25) is 0 Å². The topological polar surface area (TPSA) is 32.6 Å². The summed E-state index contributed by atoms with van der Waals surface area (Å²) in [5.74, 6) is 4.35. The monoisotopic (exact) mass is 638 g/mol. The van der Waals surface area contributed by atoms with Crippen LogP contribution in [0.2, 0.25) is 0 Å². The molecule has 0 bridgehead atoms. The lowest BCUT2D eigenvalue weighted by Gasteiger charge is -2.33. The van der Waals surface area contributed by atoms with Crippen LogP contribution in [0.1, 0.15) is 6.85 Å². The number of para-hydroxylation sites is 3. The molecular formula is C42H24BNO3S. The Morgan fingerprint density at radius 1 is 0.604 bits per heavy atom. The Morgan fingerprint density at radius 2 is 1.33 bits per heavy atom. The van der Waals surface area contributed by atoms with Gasteiger partial charge in [-0.25, -0.2) is 0 Å². The zero-order valence-corrected chi connectivity index (χ0v) is 25.9. The van der Waals surface area contributed by atoms with Crippen LogP contribution in [0.15, 0.2) is 155 Å². The Kier molecular flexibility index (Phi) is 4.48. The third-order valence-electron chi connectivity index (χ3n) is 9.46. The highest BCUT2D eigenvalue weighted by molar-refractivity contribution is 7.99. The van der Waals surface area contributed by atoms with Crippen LogP contribution in [0.4, 0.5) is 0 Å². The van der Waals surface area contributed by atoms with E-state index >= 15 is 0 Å². The van der Waals surface area contributed by atoms with E-state index in [-0.39, 0.29) is 36.4 Å². The number of aromatic nitrogens is 1. The predicted molar refractivity (Wildman–Crippen MR) is 195 cm³/mol. The second kappa shape index (κ2) is 9.83. The number of nitrogens with zero attached hydrogens (tertiary/aromatic N) is 1. The van der Waals surface area contributed by atoms with Gasteiger partial charge in [0.15, 0.2) is 5.75 Å². The van der Waals surface area contributed by atoms with Gasteiger partial charge in [0.1, 0.15) is 28.7 Å². The van der Waals surface area contributed by atoms with Crippen LogP contribution in [-0.4, -0.2) is 11.3 Å². The first-order chi connectivity index (χ1) is 25.9. The summed E-state index contributed by atoms with van der Waals surface area (Å²) in [6, 6.07) is 36.5. The van der Waals surface area contributed by atoms with Crippen molar-refractivity contribution in [1.29, 1.82) is 0 Å². The van der Waals surface area contributed by atoms with E-state index in [0.29, 0.717) is 22.0 Å². The second-order valence-corrected chi connectivity index (χ2v) is 13.1. The molecule has 0 aliphatic carbocycles. The van der Waals surface area contributed by atoms with E-state index in [1.807, 2.05) is 84.9 Å². The van der Waals surface area contributed by atoms with Gasteiger partial charge in [0.2, 0.25) is 0 Å². The molecule has 0 N–H and O–H groups in total. The van der Waals surface area contributed by atoms with Gasteiger partial charge in [-0.1, -0.05) is 103 Å². The lowest BCUT2D eigenvalue weighted by molar-refractivity contribution is 0.459. The SMILES string of the molecule is [2H]c1c([2H])c([2H])c(-c2cc3c4ccccc4n(-c4ccc5c(c4)Oc4cccc6c4B5c4ccccc4O6)c3c3c2Sc2ccccc2O3)c([2H])c1[2H]. The van der Waals surface area contributed by atoms with E-state index in [0.717, 1.165) is 71.8 Å². The lowest BCUT2D eigenvalue weighted by Crippen LogP contribution is -2.57. The van der Waals surface area contributed by atoms with Gasteiger partial charge >= 0.3 is 0 Å². The highest BCUT2D eigenvalue weighted by Gasteiger charge is 2.40. The zero-order valence-electron chi connectivity index (χ0n) is 30.1. The standard InChI is InChI=1S/C42H24BNO3S/c1-2-11-25(12-3-1)28-24-29-27-13-4-6-15-32(27)44(40(29)41-42(28)48-38-20-9-8-17-34(38)47-41)26-21-22-31-37(23-26)46-36-19-10-18-35-39(36)43(31)30-14-5-7-16-33(30)45-35/h1-24H/i1D,2D,3D,11D,12D. The van der Waals surface area contributed by atoms with Crippen molar-refractivity contribution < 1.29 is 21.1 Å². The minimum atomic E-state index is -0.428. The molecule has 0 amide bonds. The van der Waals surface area contributed by atoms with Crippen molar-refractivity contribution in [1.82, 2.24) is 4.57 Å². The molecule has 4 heterocycles. The van der Waals surface area contributed by atoms with Gasteiger partial charge in [-0.15, -0.1) is 0 Å². The molecule has 48 heavy (non-hydrogen) atoms. The van der Waals surface area contributed by atoms with Gasteiger partial charge in [0.05, 0.1) is 27.7 Å². The fourth-order valence-electron chi connectivity index (χ4n) is 7.45. The number of ether oxygens (including phenoxy) is 3. The summed E-state index contributed by atoms with van der Waals surface area (Å²) in [4.78, 5) is 1.54. The molecule has 0 saturated carbocycles. The molecule has 7 aromatic carbocycles. The molecule has 6 heteroatoms. The van der Waals surface area contributed by atoms with Crippen molar-refractivity contribution in [3.05, 3.63) is 145 Å². The highest BCUT2D eigenvalue weighted by atomic mass is 32.2. The van der Waals surface area contributed by atoms with Crippen LogP contribution >= 0.6 is 11.8 Å². The molecule has 8 aromatic rings. The van der Waals surface area contributed by atoms with Gasteiger partial charge in [0.25, 0.3) is 6.71 Å². The van der Waals surface area contributed by atoms with Crippen molar-refractivity contribution in [2.75, 3.05) is 0 Å². The van der Waals surface area contributed by atoms with E-state index in [2.05, 4.69) is 34.9 Å². The highest BCUT2D eigenvalue weighted by Crippen LogP contribution is 2.55. The summed E-state index contributed by atoms with van der Waals surface area (Å²) in [5.41, 5.74) is 6.38. The summed E-state index contributed by atoms with van der Waals surface area (Å²) >= 11 is 1.47. The maximum Gasteiger partial charge on any atom is 0.260 e. The average Bonchev–Trinajstić information content (AvgIpc) is 3.52. The van der Waals surface area contributed by atoms with Crippen molar-refractivity contribution in [3.63, 3.8) is 0 Å². The van der Waals surface area contributed by atoms with Crippen molar-refractivity contribution in [2.24, 2.45) is 0 Å². The first-order valence-corrected chi connectivity index (χ1v) is 16.5. The maximum atomic E-state index is 8.93. The normalized spacial score (nSPS) is 14.8. The number of rotatable bonds is 2. The molecule has 0 fully saturated rings. The first-order valence-electron chi connectivity index (χ1n) is 18.2. The molecule has 3 aliphatic rings. The number of hydrogen-bond acceptors (Lipinski definition) is 4. The molecule has 1 aromatic heterocycles. The van der Waals surface area contributed by atoms with E-state index in [9.17, 15) is 0 Å². The summed E-state index contributed by atoms with van der Waals surface area (Å²) in [7, 11) is 0. The summed E-state index contributed by atoms with van der Waals surface area (Å²) in [6.07, 6.45) is 0. The average molecular weight is 639 g/mol. The molecule has 224 valence electrons. The minimum Gasteiger partial charge on any atom is -0.458 e. The van der Waals surface area contributed by atoms with Crippen LogP contribution in [0, 0.1) is 0 Å². The van der Waals surface area contributed by atoms with Crippen LogP contribution in [0.25, 0.3) is 38.6 Å². The lowest BCUT2D eigenvalue weighted by atomic mass is 9.35. The molecular weight excluding hydrogens is 609 g/mol. The van der Waals surface area contributed by atoms with Crippen LogP contribution in [0.3, 0.4) is 0 Å². The number of fused-ring (bicyclic) bond motifs is 10. The Bertz CT molecular complexity index is 2920. The van der Waals surface area contributed by atoms with Crippen LogP contribution in [-0.2, 0) is 0 Å². The zero-order chi connectivity index (χ0) is 35.7. The largest absolute Gasteiger partial charge is 0.458 e. The third-order valence-corrected chi connectivity index (χ3v) is 10.6. The molecule has 0 saturated heterocycles. The Hall–Kier alpha value is -5.85. The first kappa shape index (κ1) is 21.9. The fourth-order valence-corrected chi connectivity index (χ4v) is 8.53. The smallest absolute Gasteiger partial charge is 0.260 e. The molecule has 0 unspecified atom stereocenters. The van der Waals surface area contributed by atoms with E-state index in [1.54, 1.807) is 0 Å². The maximum absolute atomic E-state index is 8.93. The Morgan fingerprint density at radius 3 is 2.23 bits per heavy atom. The van der Waals surface area contributed by atoms with Gasteiger partial charge in [-0.05, 0) is 65.0 Å². The molecule has 11 rings (SSSR count). The van der Waals surface area contributed by atoms with E-state index in [1.165, 1.54) is 11.8 Å². The van der Waals surface area contributed by atoms with Gasteiger partial charge in [0, 0.05) is 33.6 Å². The quantitative estimate of drug-likeness (QED) is 0.177. The number of hydrogen-bond donors (Lipinski definition) is 0. The summed E-state index contributed by atoms with van der Waals surface area (Å²) < 4.78 is 65.1. The predicted octanol–water partition coefficient (Wildman–Crippen LogP) is 9.44. The molecule has 0 spiro atoms. The minimum absolute atomic E-state index is 0.0641. The van der Waals surface area contributed by atoms with Crippen LogP contribution in [0.5, 0.6) is 34.5 Å². The van der Waals surface area contributed by atoms with Crippen LogP contribution < -0.4 is 30.6 Å². The summed E-state index contributed by atoms with van der Waals surface area (Å²) in [6.45, 7) is -0.0641. The van der Waals surface area contributed by atoms with E-state index in [4.69, 9.17) is 21.1 Å². The molecule has 3 aliphatic heterocycles. The van der Waals surface area contributed by atoms with Gasteiger partial charge in [-0.2, -0.15) is 0 Å². The third kappa shape index (κ3) is 3.63. The van der Waals surface area contributed by atoms with Crippen molar-refractivity contribution >= 4 is 56.7 Å². The van der Waals surface area contributed by atoms with E-state index < -0.39 is 6.04 Å². The molecule has 0 radical (unpaired) electrons. The van der Waals surface area contributed by atoms with Crippen molar-refractivity contribution in [2.45, 2.75) is 9.79 Å². The Labute approximate surface area is 288 Å². The molecule has 0 atom stereocenters.